The number of carbonyl (C=O) groups excluding carboxylic acids is 1. The van der Waals surface area contributed by atoms with Crippen LogP contribution in [0.4, 0.5) is 5.69 Å². The lowest BCUT2D eigenvalue weighted by molar-refractivity contribution is 0.102. The van der Waals surface area contributed by atoms with E-state index < -0.39 is 0 Å². The van der Waals surface area contributed by atoms with E-state index in [9.17, 15) is 4.79 Å². The van der Waals surface area contributed by atoms with E-state index in [1.807, 2.05) is 23.0 Å². The molecule has 3 rings (SSSR count). The summed E-state index contributed by atoms with van der Waals surface area (Å²) in [5.74, 6) is -0.0583. The molecule has 5 heteroatoms. The van der Waals surface area contributed by atoms with Crippen LogP contribution >= 0.6 is 0 Å². The molecule has 0 saturated heterocycles. The highest BCUT2D eigenvalue weighted by atomic mass is 16.1. The van der Waals surface area contributed by atoms with Crippen molar-refractivity contribution >= 4 is 11.6 Å². The van der Waals surface area contributed by atoms with Crippen molar-refractivity contribution in [3.63, 3.8) is 0 Å². The smallest absolute Gasteiger partial charge is 0.256 e. The van der Waals surface area contributed by atoms with Gasteiger partial charge in [-0.1, -0.05) is 12.1 Å². The molecule has 110 valence electrons. The predicted octanol–water partition coefficient (Wildman–Crippen LogP) is 2.36. The summed E-state index contributed by atoms with van der Waals surface area (Å²) in [6, 6.07) is 6.20. The Labute approximate surface area is 124 Å². The van der Waals surface area contributed by atoms with E-state index in [-0.39, 0.29) is 11.9 Å². The van der Waals surface area contributed by atoms with Crippen molar-refractivity contribution in [2.45, 2.75) is 32.9 Å². The number of aromatic nitrogens is 2. The van der Waals surface area contributed by atoms with Gasteiger partial charge in [-0.05, 0) is 44.0 Å². The van der Waals surface area contributed by atoms with Crippen LogP contribution in [0.1, 0.15) is 41.4 Å². The van der Waals surface area contributed by atoms with Crippen LogP contribution < -0.4 is 10.6 Å². The third kappa shape index (κ3) is 2.83. The van der Waals surface area contributed by atoms with Crippen LogP contribution in [0.15, 0.2) is 30.6 Å². The first kappa shape index (κ1) is 13.8. The molecule has 5 nitrogen and oxygen atoms in total. The average Bonchev–Trinajstić information content (AvgIpc) is 2.95. The van der Waals surface area contributed by atoms with E-state index in [4.69, 9.17) is 0 Å². The summed E-state index contributed by atoms with van der Waals surface area (Å²) in [5, 5.41) is 10.5. The second kappa shape index (κ2) is 5.69. The molecule has 1 aromatic heterocycles. The molecule has 0 unspecified atom stereocenters. The lowest BCUT2D eigenvalue weighted by atomic mass is 9.95. The van der Waals surface area contributed by atoms with Crippen molar-refractivity contribution in [1.29, 1.82) is 0 Å². The zero-order chi connectivity index (χ0) is 14.8. The molecule has 0 radical (unpaired) electrons. The van der Waals surface area contributed by atoms with Gasteiger partial charge in [-0.3, -0.25) is 9.48 Å². The van der Waals surface area contributed by atoms with Crippen LogP contribution in [0.3, 0.4) is 0 Å². The summed E-state index contributed by atoms with van der Waals surface area (Å²) in [6.07, 6.45) is 4.44. The van der Waals surface area contributed by atoms with Crippen LogP contribution in [0.2, 0.25) is 0 Å². The van der Waals surface area contributed by atoms with Crippen molar-refractivity contribution in [3.8, 4) is 0 Å². The van der Waals surface area contributed by atoms with Crippen LogP contribution in [0, 0.1) is 0 Å². The SMILES string of the molecule is CC(C)n1cc(NC(=O)c2cccc3c2CCNC3)cn1. The van der Waals surface area contributed by atoms with Gasteiger partial charge in [0.15, 0.2) is 0 Å². The molecule has 0 bridgehead atoms. The largest absolute Gasteiger partial charge is 0.319 e. The summed E-state index contributed by atoms with van der Waals surface area (Å²) in [6.45, 7) is 5.86. The zero-order valence-electron chi connectivity index (χ0n) is 12.4. The second-order valence-electron chi connectivity index (χ2n) is 5.63. The molecule has 0 saturated carbocycles. The zero-order valence-corrected chi connectivity index (χ0v) is 12.4. The van der Waals surface area contributed by atoms with Gasteiger partial charge in [0, 0.05) is 24.3 Å². The highest BCUT2D eigenvalue weighted by molar-refractivity contribution is 6.05. The van der Waals surface area contributed by atoms with E-state index >= 15 is 0 Å². The number of carbonyl (C=O) groups is 1. The van der Waals surface area contributed by atoms with Crippen LogP contribution in [-0.4, -0.2) is 22.2 Å². The number of hydrogen-bond donors (Lipinski definition) is 2. The van der Waals surface area contributed by atoms with Crippen LogP contribution in [0.25, 0.3) is 0 Å². The van der Waals surface area contributed by atoms with Crippen molar-refractivity contribution in [2.24, 2.45) is 0 Å². The Morgan fingerprint density at radius 3 is 3.05 bits per heavy atom. The van der Waals surface area contributed by atoms with E-state index in [0.29, 0.717) is 0 Å². The molecular weight excluding hydrogens is 264 g/mol. The number of nitrogens with zero attached hydrogens (tertiary/aromatic N) is 2. The van der Waals surface area contributed by atoms with E-state index in [1.54, 1.807) is 6.20 Å². The van der Waals surface area contributed by atoms with Crippen LogP contribution in [0.5, 0.6) is 0 Å². The highest BCUT2D eigenvalue weighted by Gasteiger charge is 2.17. The standard InChI is InChI=1S/C16H20N4O/c1-11(2)20-10-13(9-18-20)19-16(21)15-5-3-4-12-8-17-7-6-14(12)15/h3-5,9-11,17H,6-8H2,1-2H3,(H,19,21). The van der Waals surface area contributed by atoms with Gasteiger partial charge >= 0.3 is 0 Å². The summed E-state index contributed by atoms with van der Waals surface area (Å²) < 4.78 is 1.83. The van der Waals surface area contributed by atoms with Gasteiger partial charge in [-0.15, -0.1) is 0 Å². The third-order valence-electron chi connectivity index (χ3n) is 3.77. The third-order valence-corrected chi connectivity index (χ3v) is 3.77. The van der Waals surface area contributed by atoms with Gasteiger partial charge in [0.05, 0.1) is 11.9 Å². The maximum Gasteiger partial charge on any atom is 0.256 e. The molecule has 1 aliphatic rings. The van der Waals surface area contributed by atoms with Gasteiger partial charge in [0.25, 0.3) is 5.91 Å². The Kier molecular flexibility index (Phi) is 3.75. The first-order chi connectivity index (χ1) is 10.1. The molecular formula is C16H20N4O. The second-order valence-corrected chi connectivity index (χ2v) is 5.63. The molecule has 0 aliphatic carbocycles. The van der Waals surface area contributed by atoms with Crippen LogP contribution in [-0.2, 0) is 13.0 Å². The highest BCUT2D eigenvalue weighted by Crippen LogP contribution is 2.20. The fourth-order valence-corrected chi connectivity index (χ4v) is 2.63. The van der Waals surface area contributed by atoms with E-state index in [2.05, 4.69) is 35.6 Å². The molecule has 2 N–H and O–H groups in total. The lowest BCUT2D eigenvalue weighted by Gasteiger charge is -2.19. The van der Waals surface area contributed by atoms with Gasteiger partial charge < -0.3 is 10.6 Å². The Bertz CT molecular complexity index is 660. The van der Waals surface area contributed by atoms with Crippen molar-refractivity contribution < 1.29 is 4.79 Å². The number of hydrogen-bond acceptors (Lipinski definition) is 3. The fourth-order valence-electron chi connectivity index (χ4n) is 2.63. The number of nitrogens with one attached hydrogen (secondary N) is 2. The van der Waals surface area contributed by atoms with Crippen molar-refractivity contribution in [2.75, 3.05) is 11.9 Å². The number of rotatable bonds is 3. The summed E-state index contributed by atoms with van der Waals surface area (Å²) in [4.78, 5) is 12.5. The normalized spacial score (nSPS) is 14.0. The first-order valence-electron chi connectivity index (χ1n) is 7.32. The topological polar surface area (TPSA) is 59.0 Å². The molecule has 0 atom stereocenters. The Morgan fingerprint density at radius 2 is 2.29 bits per heavy atom. The molecule has 1 amide bonds. The number of anilines is 1. The van der Waals surface area contributed by atoms with Gasteiger partial charge in [-0.25, -0.2) is 0 Å². The summed E-state index contributed by atoms with van der Waals surface area (Å²) in [5.41, 5.74) is 3.88. The monoisotopic (exact) mass is 284 g/mol. The predicted molar refractivity (Wildman–Crippen MR) is 82.4 cm³/mol. The minimum Gasteiger partial charge on any atom is -0.319 e. The van der Waals surface area contributed by atoms with E-state index in [0.717, 1.165) is 36.3 Å². The van der Waals surface area contributed by atoms with E-state index in [1.165, 1.54) is 5.56 Å². The van der Waals surface area contributed by atoms with Crippen molar-refractivity contribution in [3.05, 3.63) is 47.3 Å². The lowest BCUT2D eigenvalue weighted by Crippen LogP contribution is -2.26. The number of amides is 1. The van der Waals surface area contributed by atoms with Gasteiger partial charge in [0.1, 0.15) is 0 Å². The molecule has 2 aromatic rings. The maximum absolute atomic E-state index is 12.5. The van der Waals surface area contributed by atoms with Gasteiger partial charge in [0.2, 0.25) is 0 Å². The minimum atomic E-state index is -0.0583. The molecule has 1 aliphatic heterocycles. The van der Waals surface area contributed by atoms with Crippen molar-refractivity contribution in [1.82, 2.24) is 15.1 Å². The van der Waals surface area contributed by atoms with Gasteiger partial charge in [-0.2, -0.15) is 5.10 Å². The summed E-state index contributed by atoms with van der Waals surface area (Å²) in [7, 11) is 0. The molecule has 2 heterocycles. The average molecular weight is 284 g/mol. The Morgan fingerprint density at radius 1 is 1.43 bits per heavy atom. The first-order valence-corrected chi connectivity index (χ1v) is 7.32. The maximum atomic E-state index is 12.5. The molecule has 21 heavy (non-hydrogen) atoms. The molecule has 0 fully saturated rings. The summed E-state index contributed by atoms with van der Waals surface area (Å²) >= 11 is 0. The quantitative estimate of drug-likeness (QED) is 0.909. The Hall–Kier alpha value is -2.14. The fraction of sp³-hybridized carbons (Fsp3) is 0.375. The number of benzene rings is 1. The minimum absolute atomic E-state index is 0.0583. The molecule has 0 spiro atoms. The number of fused-ring (bicyclic) bond motifs is 1. The Balaban J connectivity index is 1.82. The molecule has 1 aromatic carbocycles.